The highest BCUT2D eigenvalue weighted by Crippen LogP contribution is 2.25. The number of hydrogen-bond donors (Lipinski definition) is 1. The predicted octanol–water partition coefficient (Wildman–Crippen LogP) is 3.96. The Kier molecular flexibility index (Phi) is 5.83. The van der Waals surface area contributed by atoms with Gasteiger partial charge in [0.2, 0.25) is 0 Å². The highest BCUT2D eigenvalue weighted by Gasteiger charge is 2.21. The van der Waals surface area contributed by atoms with Crippen molar-refractivity contribution in [2.24, 2.45) is 5.73 Å². The van der Waals surface area contributed by atoms with Gasteiger partial charge in [0, 0.05) is 22.6 Å². The van der Waals surface area contributed by atoms with E-state index >= 15 is 0 Å². The molecule has 0 aliphatic heterocycles. The Hall–Kier alpha value is -0.380. The number of nitrogens with two attached hydrogens (primary N) is 1. The lowest BCUT2D eigenvalue weighted by Gasteiger charge is -2.35. The molecule has 1 rings (SSSR count). The Bertz CT molecular complexity index is 377. The molecule has 2 N–H and O–H groups in total. The van der Waals surface area contributed by atoms with E-state index < -0.39 is 0 Å². The maximum atomic E-state index is 6.27. The van der Waals surface area contributed by atoms with Gasteiger partial charge in [0.25, 0.3) is 0 Å². The Balaban J connectivity index is 2.57. The Morgan fingerprint density at radius 1 is 1.33 bits per heavy atom. The fourth-order valence-corrected chi connectivity index (χ4v) is 2.42. The summed E-state index contributed by atoms with van der Waals surface area (Å²) < 4.78 is 1.11. The summed E-state index contributed by atoms with van der Waals surface area (Å²) in [5.74, 6) is 0. The van der Waals surface area contributed by atoms with Gasteiger partial charge in [-0.25, -0.2) is 0 Å². The predicted molar refractivity (Wildman–Crippen MR) is 82.7 cm³/mol. The Morgan fingerprint density at radius 3 is 2.50 bits per heavy atom. The van der Waals surface area contributed by atoms with E-state index in [2.05, 4.69) is 60.8 Å². The van der Waals surface area contributed by atoms with Gasteiger partial charge in [0.1, 0.15) is 0 Å². The van der Waals surface area contributed by atoms with Gasteiger partial charge >= 0.3 is 0 Å². The van der Waals surface area contributed by atoms with Crippen molar-refractivity contribution in [2.75, 3.05) is 13.6 Å². The van der Waals surface area contributed by atoms with Gasteiger partial charge in [-0.1, -0.05) is 41.1 Å². The van der Waals surface area contributed by atoms with Gasteiger partial charge in [-0.15, -0.1) is 0 Å². The Labute approximate surface area is 120 Å². The third kappa shape index (κ3) is 4.08. The topological polar surface area (TPSA) is 29.3 Å². The van der Waals surface area contributed by atoms with Crippen molar-refractivity contribution < 1.29 is 0 Å². The molecule has 0 heterocycles. The lowest BCUT2D eigenvalue weighted by Crippen LogP contribution is -2.41. The second-order valence-corrected chi connectivity index (χ2v) is 6.36. The third-order valence-corrected chi connectivity index (χ3v) is 4.70. The first-order valence-corrected chi connectivity index (χ1v) is 7.39. The van der Waals surface area contributed by atoms with E-state index in [-0.39, 0.29) is 11.6 Å². The van der Waals surface area contributed by atoms with Crippen molar-refractivity contribution in [1.29, 1.82) is 0 Å². The fourth-order valence-electron chi connectivity index (χ4n) is 1.84. The van der Waals surface area contributed by atoms with Gasteiger partial charge in [0.05, 0.1) is 0 Å². The Morgan fingerprint density at radius 2 is 1.94 bits per heavy atom. The molecule has 0 aliphatic carbocycles. The average Bonchev–Trinajstić information content (AvgIpc) is 2.36. The number of benzene rings is 1. The van der Waals surface area contributed by atoms with Crippen LogP contribution in [0.5, 0.6) is 0 Å². The first kappa shape index (κ1) is 15.7. The van der Waals surface area contributed by atoms with E-state index in [0.717, 1.165) is 23.9 Å². The van der Waals surface area contributed by atoms with Crippen LogP contribution >= 0.6 is 15.9 Å². The molecule has 3 heteroatoms. The maximum Gasteiger partial charge on any atom is 0.0318 e. The number of rotatable bonds is 6. The second-order valence-electron chi connectivity index (χ2n) is 5.50. The zero-order valence-corrected chi connectivity index (χ0v) is 13.5. The van der Waals surface area contributed by atoms with Crippen LogP contribution in [-0.2, 0) is 0 Å². The minimum atomic E-state index is 0.0932. The molecule has 0 bridgehead atoms. The van der Waals surface area contributed by atoms with Crippen molar-refractivity contribution in [3.05, 3.63) is 34.3 Å². The molecule has 2 nitrogen and oxygen atoms in total. The molecule has 0 aromatic heterocycles. The lowest BCUT2D eigenvalue weighted by molar-refractivity contribution is 0.146. The van der Waals surface area contributed by atoms with Crippen LogP contribution in [-0.4, -0.2) is 24.0 Å². The molecule has 0 amide bonds. The fraction of sp³-hybridized carbons (Fsp3) is 0.600. The first-order valence-electron chi connectivity index (χ1n) is 6.59. The van der Waals surface area contributed by atoms with Gasteiger partial charge in [-0.05, 0) is 45.4 Å². The highest BCUT2D eigenvalue weighted by molar-refractivity contribution is 9.10. The molecule has 102 valence electrons. The standard InChI is InChI=1S/C15H25BrN2/c1-5-15(2,3)18(4)11-10-14(17)12-8-6-7-9-13(12)16/h6-9,14H,5,10-11,17H2,1-4H3. The third-order valence-electron chi connectivity index (χ3n) is 3.98. The molecule has 0 saturated heterocycles. The van der Waals surface area contributed by atoms with Crippen LogP contribution < -0.4 is 5.73 Å². The molecule has 1 unspecified atom stereocenters. The molecule has 1 atom stereocenters. The zero-order chi connectivity index (χ0) is 13.8. The summed E-state index contributed by atoms with van der Waals surface area (Å²) in [5.41, 5.74) is 7.71. The quantitative estimate of drug-likeness (QED) is 0.861. The summed E-state index contributed by atoms with van der Waals surface area (Å²) in [6.45, 7) is 7.79. The molecule has 1 aromatic carbocycles. The van der Waals surface area contributed by atoms with Crippen molar-refractivity contribution in [1.82, 2.24) is 4.90 Å². The van der Waals surface area contributed by atoms with Crippen LogP contribution in [0.1, 0.15) is 45.2 Å². The highest BCUT2D eigenvalue weighted by atomic mass is 79.9. The monoisotopic (exact) mass is 312 g/mol. The van der Waals surface area contributed by atoms with Crippen molar-refractivity contribution in [3.63, 3.8) is 0 Å². The van der Waals surface area contributed by atoms with Gasteiger partial charge in [-0.2, -0.15) is 0 Å². The summed E-state index contributed by atoms with van der Waals surface area (Å²) in [6, 6.07) is 8.30. The number of nitrogens with zero attached hydrogens (tertiary/aromatic N) is 1. The molecular formula is C15H25BrN2. The normalized spacial score (nSPS) is 13.9. The number of halogens is 1. The molecule has 0 fully saturated rings. The van der Waals surface area contributed by atoms with Gasteiger partial charge in [-0.3, -0.25) is 0 Å². The van der Waals surface area contributed by atoms with Crippen LogP contribution in [0, 0.1) is 0 Å². The molecule has 0 radical (unpaired) electrons. The maximum absolute atomic E-state index is 6.27. The minimum Gasteiger partial charge on any atom is -0.324 e. The second kappa shape index (κ2) is 6.69. The molecule has 0 saturated carbocycles. The summed E-state index contributed by atoms with van der Waals surface area (Å²) in [5, 5.41) is 0. The van der Waals surface area contributed by atoms with Crippen molar-refractivity contribution >= 4 is 15.9 Å². The summed E-state index contributed by atoms with van der Waals surface area (Å²) in [7, 11) is 2.18. The van der Waals surface area contributed by atoms with Crippen molar-refractivity contribution in [3.8, 4) is 0 Å². The SMILES string of the molecule is CCC(C)(C)N(C)CCC(N)c1ccccc1Br. The van der Waals surface area contributed by atoms with E-state index in [1.165, 1.54) is 5.56 Å². The van der Waals surface area contributed by atoms with E-state index in [1.807, 2.05) is 12.1 Å². The summed E-state index contributed by atoms with van der Waals surface area (Å²) >= 11 is 3.56. The molecule has 0 spiro atoms. The molecular weight excluding hydrogens is 288 g/mol. The van der Waals surface area contributed by atoms with Crippen molar-refractivity contribution in [2.45, 2.75) is 45.2 Å². The molecule has 1 aromatic rings. The van der Waals surface area contributed by atoms with E-state index in [9.17, 15) is 0 Å². The summed E-state index contributed by atoms with van der Waals surface area (Å²) in [6.07, 6.45) is 2.12. The van der Waals surface area contributed by atoms with Crippen LogP contribution in [0.3, 0.4) is 0 Å². The van der Waals surface area contributed by atoms with Gasteiger partial charge in [0.15, 0.2) is 0 Å². The van der Waals surface area contributed by atoms with Crippen LogP contribution in [0.2, 0.25) is 0 Å². The minimum absolute atomic E-state index is 0.0932. The largest absolute Gasteiger partial charge is 0.324 e. The van der Waals surface area contributed by atoms with Gasteiger partial charge < -0.3 is 10.6 Å². The zero-order valence-electron chi connectivity index (χ0n) is 11.9. The van der Waals surface area contributed by atoms with E-state index in [1.54, 1.807) is 0 Å². The van der Waals surface area contributed by atoms with Crippen LogP contribution in [0.25, 0.3) is 0 Å². The van der Waals surface area contributed by atoms with Crippen LogP contribution in [0.15, 0.2) is 28.7 Å². The summed E-state index contributed by atoms with van der Waals surface area (Å²) in [4.78, 5) is 2.39. The average molecular weight is 313 g/mol. The van der Waals surface area contributed by atoms with E-state index in [4.69, 9.17) is 5.73 Å². The smallest absolute Gasteiger partial charge is 0.0318 e. The van der Waals surface area contributed by atoms with E-state index in [0.29, 0.717) is 0 Å². The number of hydrogen-bond acceptors (Lipinski definition) is 2. The lowest BCUT2D eigenvalue weighted by atomic mass is 9.98. The molecule has 18 heavy (non-hydrogen) atoms. The van der Waals surface area contributed by atoms with Crippen LogP contribution in [0.4, 0.5) is 0 Å². The first-order chi connectivity index (χ1) is 8.38. The molecule has 0 aliphatic rings.